The van der Waals surface area contributed by atoms with Crippen LogP contribution in [0.4, 0.5) is 0 Å². The van der Waals surface area contributed by atoms with Gasteiger partial charge in [0.25, 0.3) is 0 Å². The fourth-order valence-corrected chi connectivity index (χ4v) is 2.18. The monoisotopic (exact) mass is 311 g/mol. The second-order valence-corrected chi connectivity index (χ2v) is 4.88. The fourth-order valence-electron chi connectivity index (χ4n) is 2.18. The van der Waals surface area contributed by atoms with Gasteiger partial charge in [-0.2, -0.15) is 0 Å². The van der Waals surface area contributed by atoms with E-state index in [2.05, 4.69) is 15.2 Å². The van der Waals surface area contributed by atoms with Gasteiger partial charge in [-0.1, -0.05) is 6.07 Å². The molecular weight excluding hydrogens is 298 g/mol. The topological polar surface area (TPSA) is 79.5 Å². The van der Waals surface area contributed by atoms with Crippen molar-refractivity contribution in [2.24, 2.45) is 0 Å². The van der Waals surface area contributed by atoms with E-state index in [0.717, 1.165) is 11.3 Å². The zero-order valence-electron chi connectivity index (χ0n) is 12.1. The molecule has 0 spiro atoms. The van der Waals surface area contributed by atoms with Crippen LogP contribution in [0.3, 0.4) is 0 Å². The number of nitrogens with zero attached hydrogens (tertiary/aromatic N) is 3. The number of benzene rings is 1. The molecule has 23 heavy (non-hydrogen) atoms. The first kappa shape index (κ1) is 13.7. The third kappa shape index (κ3) is 3.00. The predicted molar refractivity (Wildman–Crippen MR) is 78.6 cm³/mol. The predicted octanol–water partition coefficient (Wildman–Crippen LogP) is 2.58. The number of hydrogen-bond donors (Lipinski definition) is 0. The minimum absolute atomic E-state index is 0.230. The highest BCUT2D eigenvalue weighted by atomic mass is 16.7. The van der Waals surface area contributed by atoms with Gasteiger partial charge in [-0.05, 0) is 30.3 Å². The van der Waals surface area contributed by atoms with Crippen molar-refractivity contribution in [2.45, 2.75) is 13.2 Å². The van der Waals surface area contributed by atoms with E-state index in [1.54, 1.807) is 6.20 Å². The summed E-state index contributed by atoms with van der Waals surface area (Å²) in [5.74, 6) is 2.22. The zero-order chi connectivity index (χ0) is 15.5. The van der Waals surface area contributed by atoms with Crippen LogP contribution in [0.5, 0.6) is 11.5 Å². The second-order valence-electron chi connectivity index (χ2n) is 4.88. The minimum atomic E-state index is 0.230. The molecule has 0 atom stereocenters. The van der Waals surface area contributed by atoms with Gasteiger partial charge in [0.1, 0.15) is 6.61 Å². The van der Waals surface area contributed by atoms with Crippen LogP contribution in [0.2, 0.25) is 0 Å². The van der Waals surface area contributed by atoms with Crippen molar-refractivity contribution in [3.8, 4) is 23.0 Å². The first-order chi connectivity index (χ1) is 11.4. The van der Waals surface area contributed by atoms with Crippen LogP contribution in [0, 0.1) is 0 Å². The van der Waals surface area contributed by atoms with Gasteiger partial charge >= 0.3 is 0 Å². The van der Waals surface area contributed by atoms with Crippen molar-refractivity contribution in [3.63, 3.8) is 0 Å². The van der Waals surface area contributed by atoms with Gasteiger partial charge in [-0.15, -0.1) is 10.2 Å². The molecule has 2 aromatic heterocycles. The molecule has 0 N–H and O–H groups in total. The van der Waals surface area contributed by atoms with E-state index in [-0.39, 0.29) is 13.4 Å². The van der Waals surface area contributed by atoms with Crippen LogP contribution >= 0.6 is 0 Å². The van der Waals surface area contributed by atoms with Crippen LogP contribution in [-0.4, -0.2) is 22.0 Å². The van der Waals surface area contributed by atoms with E-state index in [4.69, 9.17) is 18.6 Å². The Hall–Kier alpha value is -2.93. The number of fused-ring (bicyclic) bond motifs is 1. The van der Waals surface area contributed by atoms with E-state index >= 15 is 0 Å². The molecule has 0 radical (unpaired) electrons. The highest BCUT2D eigenvalue weighted by Gasteiger charge is 2.16. The van der Waals surface area contributed by atoms with Crippen molar-refractivity contribution in [1.29, 1.82) is 0 Å². The van der Waals surface area contributed by atoms with Gasteiger partial charge in [0.2, 0.25) is 18.6 Å². The van der Waals surface area contributed by atoms with Crippen LogP contribution in [0.1, 0.15) is 11.6 Å². The standard InChI is InChI=1S/C16H13N3O4/c1-2-6-17-12(3-1)8-20-9-15-18-19-16(23-15)11-4-5-13-14(7-11)22-10-21-13/h1-7H,8-10H2. The maximum atomic E-state index is 5.60. The molecular formula is C16H13N3O4. The Labute approximate surface area is 131 Å². The molecule has 0 aliphatic carbocycles. The minimum Gasteiger partial charge on any atom is -0.454 e. The lowest BCUT2D eigenvalue weighted by molar-refractivity contribution is 0.0876. The van der Waals surface area contributed by atoms with Crippen LogP contribution in [0.15, 0.2) is 47.0 Å². The molecule has 0 bridgehead atoms. The van der Waals surface area contributed by atoms with Crippen LogP contribution in [0.25, 0.3) is 11.5 Å². The van der Waals surface area contributed by atoms with Crippen molar-refractivity contribution in [3.05, 3.63) is 54.2 Å². The molecule has 1 aliphatic heterocycles. The quantitative estimate of drug-likeness (QED) is 0.716. The number of rotatable bonds is 5. The summed E-state index contributed by atoms with van der Waals surface area (Å²) in [5.41, 5.74) is 1.63. The molecule has 3 heterocycles. The summed E-state index contributed by atoms with van der Waals surface area (Å²) in [6.45, 7) is 0.853. The van der Waals surface area contributed by atoms with Crippen LogP contribution < -0.4 is 9.47 Å². The Morgan fingerprint density at radius 2 is 1.96 bits per heavy atom. The summed E-state index contributed by atoms with van der Waals surface area (Å²) in [6.07, 6.45) is 1.73. The molecule has 1 aliphatic rings. The van der Waals surface area contributed by atoms with E-state index in [0.29, 0.717) is 29.9 Å². The molecule has 3 aromatic rings. The Morgan fingerprint density at radius 3 is 2.87 bits per heavy atom. The molecule has 0 fully saturated rings. The zero-order valence-corrected chi connectivity index (χ0v) is 12.1. The van der Waals surface area contributed by atoms with Gasteiger partial charge in [0.15, 0.2) is 11.5 Å². The molecule has 0 saturated heterocycles. The van der Waals surface area contributed by atoms with Gasteiger partial charge < -0.3 is 18.6 Å². The first-order valence-electron chi connectivity index (χ1n) is 7.08. The van der Waals surface area contributed by atoms with Gasteiger partial charge in [0, 0.05) is 11.8 Å². The van der Waals surface area contributed by atoms with Crippen molar-refractivity contribution in [1.82, 2.24) is 15.2 Å². The molecule has 7 heteroatoms. The van der Waals surface area contributed by atoms with E-state index in [9.17, 15) is 0 Å². The summed E-state index contributed by atoms with van der Waals surface area (Å²) in [4.78, 5) is 4.18. The van der Waals surface area contributed by atoms with E-state index in [1.807, 2.05) is 36.4 Å². The first-order valence-corrected chi connectivity index (χ1v) is 7.08. The van der Waals surface area contributed by atoms with Gasteiger partial charge in [-0.25, -0.2) is 0 Å². The molecule has 7 nitrogen and oxygen atoms in total. The third-order valence-electron chi connectivity index (χ3n) is 3.29. The fraction of sp³-hybridized carbons (Fsp3) is 0.188. The maximum absolute atomic E-state index is 5.60. The van der Waals surface area contributed by atoms with Crippen molar-refractivity contribution >= 4 is 0 Å². The lowest BCUT2D eigenvalue weighted by atomic mass is 10.2. The number of aromatic nitrogens is 3. The highest BCUT2D eigenvalue weighted by Crippen LogP contribution is 2.35. The molecule has 0 unspecified atom stereocenters. The number of ether oxygens (including phenoxy) is 3. The van der Waals surface area contributed by atoms with Gasteiger partial charge in [-0.3, -0.25) is 4.98 Å². The lowest BCUT2D eigenvalue weighted by Crippen LogP contribution is -1.96. The summed E-state index contributed by atoms with van der Waals surface area (Å²) in [6, 6.07) is 11.1. The number of hydrogen-bond acceptors (Lipinski definition) is 7. The Morgan fingerprint density at radius 1 is 1.00 bits per heavy atom. The molecule has 116 valence electrons. The average Bonchev–Trinajstić information content (AvgIpc) is 3.24. The Kier molecular flexibility index (Phi) is 3.61. The van der Waals surface area contributed by atoms with Crippen molar-refractivity contribution < 1.29 is 18.6 Å². The van der Waals surface area contributed by atoms with E-state index in [1.165, 1.54) is 0 Å². The summed E-state index contributed by atoms with van der Waals surface area (Å²) < 4.78 is 21.7. The molecule has 1 aromatic carbocycles. The average molecular weight is 311 g/mol. The molecule has 4 rings (SSSR count). The maximum Gasteiger partial charge on any atom is 0.248 e. The third-order valence-corrected chi connectivity index (χ3v) is 3.29. The van der Waals surface area contributed by atoms with E-state index < -0.39 is 0 Å². The Balaban J connectivity index is 1.41. The normalized spacial score (nSPS) is 12.5. The largest absolute Gasteiger partial charge is 0.454 e. The summed E-state index contributed by atoms with van der Waals surface area (Å²) >= 11 is 0. The smallest absolute Gasteiger partial charge is 0.248 e. The van der Waals surface area contributed by atoms with Crippen molar-refractivity contribution in [2.75, 3.05) is 6.79 Å². The Bertz CT molecular complexity index is 804. The SMILES string of the molecule is c1ccc(COCc2nnc(-c3ccc4c(c3)OCO4)o2)nc1. The summed E-state index contributed by atoms with van der Waals surface area (Å²) in [5, 5.41) is 8.01. The lowest BCUT2D eigenvalue weighted by Gasteiger charge is -2.00. The van der Waals surface area contributed by atoms with Crippen LogP contribution in [-0.2, 0) is 18.0 Å². The highest BCUT2D eigenvalue weighted by molar-refractivity contribution is 5.60. The molecule has 0 saturated carbocycles. The van der Waals surface area contributed by atoms with Gasteiger partial charge in [0.05, 0.1) is 12.3 Å². The number of pyridine rings is 1. The second kappa shape index (κ2) is 6.05. The summed E-state index contributed by atoms with van der Waals surface area (Å²) in [7, 11) is 0. The molecule has 0 amide bonds.